The van der Waals surface area contributed by atoms with Crippen molar-refractivity contribution >= 4 is 11.6 Å². The zero-order valence-corrected chi connectivity index (χ0v) is 11.1. The number of hydrogen-bond donors (Lipinski definition) is 1. The van der Waals surface area contributed by atoms with Crippen molar-refractivity contribution in [2.75, 3.05) is 18.4 Å². The molecule has 2 rings (SSSR count). The summed E-state index contributed by atoms with van der Waals surface area (Å²) in [5, 5.41) is 2.88. The molecule has 0 unspecified atom stereocenters. The molecule has 1 fully saturated rings. The molecule has 1 amide bonds. The molecule has 1 aromatic rings. The summed E-state index contributed by atoms with van der Waals surface area (Å²) in [6.07, 6.45) is 4.14. The largest absolute Gasteiger partial charge is 0.375 e. The predicted octanol–water partition coefficient (Wildman–Crippen LogP) is 2.93. The van der Waals surface area contributed by atoms with Crippen molar-refractivity contribution in [3.63, 3.8) is 0 Å². The lowest BCUT2D eigenvalue weighted by molar-refractivity contribution is -0.112. The second kappa shape index (κ2) is 5.71. The minimum Gasteiger partial charge on any atom is -0.375 e. The fourth-order valence-electron chi connectivity index (χ4n) is 2.17. The van der Waals surface area contributed by atoms with Crippen molar-refractivity contribution in [3.8, 4) is 0 Å². The van der Waals surface area contributed by atoms with E-state index in [-0.39, 0.29) is 5.91 Å². The third kappa shape index (κ3) is 3.36. The number of allylic oxidation sites excluding steroid dienone is 1. The molecule has 1 aliphatic rings. The molecule has 3 heteroatoms. The lowest BCUT2D eigenvalue weighted by Crippen LogP contribution is -2.19. The van der Waals surface area contributed by atoms with E-state index < -0.39 is 0 Å². The number of amides is 1. The van der Waals surface area contributed by atoms with Crippen LogP contribution in [0.1, 0.15) is 25.3 Å². The van der Waals surface area contributed by atoms with E-state index in [4.69, 9.17) is 0 Å². The summed E-state index contributed by atoms with van der Waals surface area (Å²) < 4.78 is 0. The molecule has 0 saturated carbocycles. The molecule has 0 spiro atoms. The summed E-state index contributed by atoms with van der Waals surface area (Å²) in [7, 11) is 0. The quantitative estimate of drug-likeness (QED) is 0.829. The molecule has 0 bridgehead atoms. The molecular formula is C15H20N2O. The monoisotopic (exact) mass is 244 g/mol. The van der Waals surface area contributed by atoms with Gasteiger partial charge in [0.05, 0.1) is 0 Å². The van der Waals surface area contributed by atoms with Crippen molar-refractivity contribution in [2.45, 2.75) is 26.7 Å². The Morgan fingerprint density at radius 3 is 2.44 bits per heavy atom. The van der Waals surface area contributed by atoms with Crippen LogP contribution in [-0.4, -0.2) is 23.9 Å². The van der Waals surface area contributed by atoms with E-state index in [2.05, 4.69) is 10.2 Å². The first-order valence-electron chi connectivity index (χ1n) is 6.46. The van der Waals surface area contributed by atoms with Crippen LogP contribution in [0.4, 0.5) is 5.69 Å². The third-order valence-electron chi connectivity index (χ3n) is 3.26. The number of anilines is 1. The number of nitrogens with one attached hydrogen (secondary N) is 1. The second-order valence-corrected chi connectivity index (χ2v) is 4.84. The number of aryl methyl sites for hydroxylation is 1. The summed E-state index contributed by atoms with van der Waals surface area (Å²) in [4.78, 5) is 14.1. The number of hydrogen-bond acceptors (Lipinski definition) is 2. The van der Waals surface area contributed by atoms with Gasteiger partial charge in [0.15, 0.2) is 0 Å². The van der Waals surface area contributed by atoms with E-state index in [0.717, 1.165) is 24.5 Å². The van der Waals surface area contributed by atoms with E-state index in [1.54, 1.807) is 6.08 Å². The number of benzene rings is 1. The molecule has 1 saturated heterocycles. The van der Waals surface area contributed by atoms with E-state index in [0.29, 0.717) is 0 Å². The fraction of sp³-hybridized carbons (Fsp3) is 0.400. The molecule has 18 heavy (non-hydrogen) atoms. The lowest BCUT2D eigenvalue weighted by atomic mass is 10.2. The molecule has 1 N–H and O–H groups in total. The van der Waals surface area contributed by atoms with Gasteiger partial charge in [0.1, 0.15) is 0 Å². The van der Waals surface area contributed by atoms with E-state index in [1.807, 2.05) is 38.1 Å². The molecule has 0 aliphatic carbocycles. The number of rotatable bonds is 3. The van der Waals surface area contributed by atoms with E-state index in [9.17, 15) is 4.79 Å². The average molecular weight is 244 g/mol. The standard InChI is InChI=1S/C15H20N2O/c1-12-5-7-14(8-6-12)16-15(18)11-13(2)17-9-3-4-10-17/h5-8,11H,3-4,9-10H2,1-2H3,(H,16,18). The lowest BCUT2D eigenvalue weighted by Gasteiger charge is -2.17. The molecule has 1 aromatic carbocycles. The summed E-state index contributed by atoms with van der Waals surface area (Å²) in [6, 6.07) is 7.83. The van der Waals surface area contributed by atoms with Crippen LogP contribution < -0.4 is 5.32 Å². The number of carbonyl (C=O) groups is 1. The van der Waals surface area contributed by atoms with Gasteiger partial charge >= 0.3 is 0 Å². The highest BCUT2D eigenvalue weighted by atomic mass is 16.1. The van der Waals surface area contributed by atoms with Crippen LogP contribution in [0.5, 0.6) is 0 Å². The van der Waals surface area contributed by atoms with Crippen molar-refractivity contribution in [1.82, 2.24) is 4.90 Å². The van der Waals surface area contributed by atoms with Crippen molar-refractivity contribution < 1.29 is 4.79 Å². The maximum Gasteiger partial charge on any atom is 0.250 e. The minimum absolute atomic E-state index is 0.0525. The van der Waals surface area contributed by atoms with Gasteiger partial charge in [0.25, 0.3) is 0 Å². The summed E-state index contributed by atoms with van der Waals surface area (Å²) in [5.74, 6) is -0.0525. The van der Waals surface area contributed by atoms with Crippen LogP contribution in [0.3, 0.4) is 0 Å². The normalized spacial score (nSPS) is 15.9. The molecule has 3 nitrogen and oxygen atoms in total. The Labute approximate surface area is 108 Å². The first kappa shape index (κ1) is 12.7. The Morgan fingerprint density at radius 1 is 1.22 bits per heavy atom. The van der Waals surface area contributed by atoms with Crippen LogP contribution in [0.2, 0.25) is 0 Å². The highest BCUT2D eigenvalue weighted by Crippen LogP contribution is 2.14. The molecule has 1 heterocycles. The van der Waals surface area contributed by atoms with Gasteiger partial charge in [0, 0.05) is 30.5 Å². The minimum atomic E-state index is -0.0525. The van der Waals surface area contributed by atoms with Gasteiger partial charge in [-0.2, -0.15) is 0 Å². The Morgan fingerprint density at radius 2 is 1.83 bits per heavy atom. The van der Waals surface area contributed by atoms with Gasteiger partial charge in [-0.3, -0.25) is 4.79 Å². The molecule has 1 aliphatic heterocycles. The van der Waals surface area contributed by atoms with Gasteiger partial charge in [-0.05, 0) is 38.8 Å². The van der Waals surface area contributed by atoms with Crippen LogP contribution in [0, 0.1) is 6.92 Å². The zero-order valence-electron chi connectivity index (χ0n) is 11.1. The molecule has 0 atom stereocenters. The first-order chi connectivity index (χ1) is 8.65. The molecular weight excluding hydrogens is 224 g/mol. The molecule has 96 valence electrons. The average Bonchev–Trinajstić information content (AvgIpc) is 2.85. The SMILES string of the molecule is CC(=CC(=O)Nc1ccc(C)cc1)N1CCCC1. The van der Waals surface area contributed by atoms with Gasteiger partial charge < -0.3 is 10.2 Å². The summed E-state index contributed by atoms with van der Waals surface area (Å²) in [5.41, 5.74) is 3.09. The van der Waals surface area contributed by atoms with Gasteiger partial charge in [-0.15, -0.1) is 0 Å². The van der Waals surface area contributed by atoms with E-state index in [1.165, 1.54) is 18.4 Å². The highest BCUT2D eigenvalue weighted by molar-refractivity contribution is 5.99. The van der Waals surface area contributed by atoms with Crippen molar-refractivity contribution in [2.24, 2.45) is 0 Å². The second-order valence-electron chi connectivity index (χ2n) is 4.84. The maximum absolute atomic E-state index is 11.9. The number of likely N-dealkylation sites (tertiary alicyclic amines) is 1. The van der Waals surface area contributed by atoms with Crippen molar-refractivity contribution in [1.29, 1.82) is 0 Å². The Balaban J connectivity index is 1.95. The highest BCUT2D eigenvalue weighted by Gasteiger charge is 2.12. The molecule has 0 radical (unpaired) electrons. The predicted molar refractivity (Wildman–Crippen MR) is 74.4 cm³/mol. The summed E-state index contributed by atoms with van der Waals surface area (Å²) >= 11 is 0. The van der Waals surface area contributed by atoms with Crippen LogP contribution in [-0.2, 0) is 4.79 Å². The van der Waals surface area contributed by atoms with Gasteiger partial charge in [-0.1, -0.05) is 17.7 Å². The van der Waals surface area contributed by atoms with E-state index >= 15 is 0 Å². The zero-order chi connectivity index (χ0) is 13.0. The fourth-order valence-corrected chi connectivity index (χ4v) is 2.17. The first-order valence-corrected chi connectivity index (χ1v) is 6.46. The van der Waals surface area contributed by atoms with Crippen molar-refractivity contribution in [3.05, 3.63) is 41.6 Å². The van der Waals surface area contributed by atoms with Crippen LogP contribution in [0.15, 0.2) is 36.0 Å². The van der Waals surface area contributed by atoms with Crippen LogP contribution >= 0.6 is 0 Å². The topological polar surface area (TPSA) is 32.3 Å². The van der Waals surface area contributed by atoms with Crippen LogP contribution in [0.25, 0.3) is 0 Å². The van der Waals surface area contributed by atoms with Gasteiger partial charge in [0.2, 0.25) is 5.91 Å². The molecule has 0 aromatic heterocycles. The van der Waals surface area contributed by atoms with Gasteiger partial charge in [-0.25, -0.2) is 0 Å². The number of nitrogens with zero attached hydrogens (tertiary/aromatic N) is 1. The smallest absolute Gasteiger partial charge is 0.250 e. The third-order valence-corrected chi connectivity index (χ3v) is 3.26. The Bertz CT molecular complexity index is 442. The maximum atomic E-state index is 11.9. The Hall–Kier alpha value is -1.77. The number of carbonyl (C=O) groups excluding carboxylic acids is 1. The Kier molecular flexibility index (Phi) is 4.03. The summed E-state index contributed by atoms with van der Waals surface area (Å²) in [6.45, 7) is 6.17.